The highest BCUT2D eigenvalue weighted by Gasteiger charge is 2.78. The Morgan fingerprint density at radius 3 is 1.84 bits per heavy atom. The molecule has 1 aliphatic heterocycles. The zero-order chi connectivity index (χ0) is 21.6. The van der Waals surface area contributed by atoms with Crippen LogP contribution in [0.15, 0.2) is 84.9 Å². The topological polar surface area (TPSA) is 38.5 Å². The first kappa shape index (κ1) is 19.9. The van der Waals surface area contributed by atoms with Gasteiger partial charge in [0.15, 0.2) is 0 Å². The Hall–Kier alpha value is -2.78. The Morgan fingerprint density at radius 1 is 0.750 bits per heavy atom. The minimum absolute atomic E-state index is 0.0911. The van der Waals surface area contributed by atoms with Gasteiger partial charge in [-0.2, -0.15) is 0 Å². The van der Waals surface area contributed by atoms with Gasteiger partial charge in [-0.3, -0.25) is 0 Å². The molecule has 164 valence electrons. The quantitative estimate of drug-likeness (QED) is 0.547. The van der Waals surface area contributed by atoms with Crippen LogP contribution in [0.3, 0.4) is 0 Å². The molecule has 32 heavy (non-hydrogen) atoms. The van der Waals surface area contributed by atoms with Crippen LogP contribution in [-0.4, -0.2) is 25.7 Å². The van der Waals surface area contributed by atoms with Crippen molar-refractivity contribution in [3.63, 3.8) is 0 Å². The Bertz CT molecular complexity index is 1020. The molecule has 3 heteroatoms. The van der Waals surface area contributed by atoms with Crippen molar-refractivity contribution in [1.29, 1.82) is 0 Å². The van der Waals surface area contributed by atoms with Gasteiger partial charge in [-0.15, -0.1) is 0 Å². The number of nitrogens with zero attached hydrogens (tertiary/aromatic N) is 1. The van der Waals surface area contributed by atoms with E-state index in [1.165, 1.54) is 29.7 Å². The highest BCUT2D eigenvalue weighted by Crippen LogP contribution is 2.70. The largest absolute Gasteiger partial charge is 0.491 e. The van der Waals surface area contributed by atoms with E-state index in [1.54, 1.807) is 0 Å². The van der Waals surface area contributed by atoms with E-state index in [2.05, 4.69) is 89.8 Å². The van der Waals surface area contributed by atoms with Gasteiger partial charge >= 0.3 is 0 Å². The van der Waals surface area contributed by atoms with Gasteiger partial charge in [-0.25, -0.2) is 0 Å². The molecule has 6 rings (SSSR count). The summed E-state index contributed by atoms with van der Waals surface area (Å²) in [5.74, 6) is 1.77. The number of rotatable bonds is 8. The molecule has 0 aromatic heterocycles. The lowest BCUT2D eigenvalue weighted by Crippen LogP contribution is -2.35. The van der Waals surface area contributed by atoms with Crippen LogP contribution in [0.4, 0.5) is 5.69 Å². The van der Waals surface area contributed by atoms with Crippen molar-refractivity contribution in [2.24, 2.45) is 22.5 Å². The third-order valence-corrected chi connectivity index (χ3v) is 8.15. The van der Waals surface area contributed by atoms with Gasteiger partial charge in [0.1, 0.15) is 5.75 Å². The average Bonchev–Trinajstić information content (AvgIpc) is 3.70. The van der Waals surface area contributed by atoms with Gasteiger partial charge in [-0.05, 0) is 54.9 Å². The molecule has 0 bridgehead atoms. The SMILES string of the molecule is NC1C2(Cc3ccccc3)CN(c3ccccc3OCC3CC3)C[C@]12Cc1ccccc1. The second-order valence-corrected chi connectivity index (χ2v) is 10.2. The van der Waals surface area contributed by atoms with Crippen LogP contribution in [0.25, 0.3) is 0 Å². The summed E-state index contributed by atoms with van der Waals surface area (Å²) >= 11 is 0. The van der Waals surface area contributed by atoms with Crippen molar-refractivity contribution in [1.82, 2.24) is 0 Å². The highest BCUT2D eigenvalue weighted by atomic mass is 16.5. The van der Waals surface area contributed by atoms with Crippen LogP contribution >= 0.6 is 0 Å². The summed E-state index contributed by atoms with van der Waals surface area (Å²) in [6, 6.07) is 30.6. The Morgan fingerprint density at radius 2 is 1.28 bits per heavy atom. The lowest BCUT2D eigenvalue weighted by molar-refractivity contribution is 0.300. The molecular weight excluding hydrogens is 392 g/mol. The first-order valence-electron chi connectivity index (χ1n) is 12.0. The molecule has 1 saturated heterocycles. The third kappa shape index (κ3) is 3.31. The fourth-order valence-corrected chi connectivity index (χ4v) is 6.13. The van der Waals surface area contributed by atoms with E-state index < -0.39 is 0 Å². The maximum atomic E-state index is 6.96. The summed E-state index contributed by atoms with van der Waals surface area (Å²) in [4.78, 5) is 2.55. The van der Waals surface area contributed by atoms with Crippen molar-refractivity contribution in [2.45, 2.75) is 31.7 Å². The molecule has 3 nitrogen and oxygen atoms in total. The van der Waals surface area contributed by atoms with Gasteiger partial charge in [-0.1, -0.05) is 72.8 Å². The Labute approximate surface area is 191 Å². The molecule has 3 atom stereocenters. The molecular formula is C29H32N2O. The Balaban J connectivity index is 1.32. The van der Waals surface area contributed by atoms with E-state index in [0.717, 1.165) is 44.2 Å². The molecule has 3 aromatic carbocycles. The van der Waals surface area contributed by atoms with Gasteiger partial charge in [0.25, 0.3) is 0 Å². The summed E-state index contributed by atoms with van der Waals surface area (Å²) in [7, 11) is 0. The number of hydrogen-bond donors (Lipinski definition) is 1. The number of piperidine rings is 1. The molecule has 2 saturated carbocycles. The van der Waals surface area contributed by atoms with Crippen molar-refractivity contribution < 1.29 is 4.74 Å². The number of para-hydroxylation sites is 2. The minimum atomic E-state index is 0.0911. The fraction of sp³-hybridized carbons (Fsp3) is 0.379. The number of benzene rings is 3. The summed E-state index contributed by atoms with van der Waals surface area (Å²) in [6.07, 6.45) is 4.68. The fourth-order valence-electron chi connectivity index (χ4n) is 6.13. The van der Waals surface area contributed by atoms with Crippen molar-refractivity contribution in [3.8, 4) is 5.75 Å². The zero-order valence-electron chi connectivity index (χ0n) is 18.6. The number of ether oxygens (including phenoxy) is 1. The van der Waals surface area contributed by atoms with E-state index in [4.69, 9.17) is 10.5 Å². The van der Waals surface area contributed by atoms with Crippen LogP contribution in [0, 0.1) is 16.7 Å². The molecule has 0 amide bonds. The Kier molecular flexibility index (Phi) is 4.76. The molecule has 3 fully saturated rings. The maximum Gasteiger partial charge on any atom is 0.142 e. The summed E-state index contributed by atoms with van der Waals surface area (Å²) in [5, 5.41) is 0. The van der Waals surface area contributed by atoms with E-state index in [0.29, 0.717) is 0 Å². The molecule has 1 heterocycles. The number of hydrogen-bond acceptors (Lipinski definition) is 3. The van der Waals surface area contributed by atoms with Crippen LogP contribution < -0.4 is 15.4 Å². The van der Waals surface area contributed by atoms with Crippen LogP contribution in [-0.2, 0) is 12.8 Å². The monoisotopic (exact) mass is 424 g/mol. The van der Waals surface area contributed by atoms with Gasteiger partial charge in [0, 0.05) is 30.0 Å². The highest BCUT2D eigenvalue weighted by molar-refractivity contribution is 5.62. The lowest BCUT2D eigenvalue weighted by Gasteiger charge is -2.27. The van der Waals surface area contributed by atoms with E-state index in [1.807, 2.05) is 0 Å². The molecule has 0 spiro atoms. The predicted molar refractivity (Wildman–Crippen MR) is 130 cm³/mol. The second kappa shape index (κ2) is 7.67. The number of nitrogens with two attached hydrogens (primary N) is 1. The molecule has 3 aliphatic rings. The molecule has 2 unspecified atom stereocenters. The molecule has 2 aliphatic carbocycles. The van der Waals surface area contributed by atoms with Crippen molar-refractivity contribution in [3.05, 3.63) is 96.1 Å². The maximum absolute atomic E-state index is 6.96. The standard InChI is InChI=1S/C29H32N2O/c30-27-28(17-22-9-3-1-4-10-22)20-31(21-29(27,28)18-23-11-5-2-6-12-23)25-13-7-8-14-26(25)32-19-24-15-16-24/h1-14,24,27H,15-21,30H2/t27?,28-,29?/m1/s1. The summed E-state index contributed by atoms with van der Waals surface area (Å²) in [5.41, 5.74) is 11.1. The zero-order valence-corrected chi connectivity index (χ0v) is 18.6. The number of anilines is 1. The third-order valence-electron chi connectivity index (χ3n) is 8.15. The van der Waals surface area contributed by atoms with Gasteiger partial charge in [0.05, 0.1) is 12.3 Å². The van der Waals surface area contributed by atoms with Crippen LogP contribution in [0.5, 0.6) is 5.75 Å². The van der Waals surface area contributed by atoms with E-state index in [-0.39, 0.29) is 16.9 Å². The van der Waals surface area contributed by atoms with E-state index in [9.17, 15) is 0 Å². The molecule has 2 N–H and O–H groups in total. The molecule has 0 radical (unpaired) electrons. The predicted octanol–water partition coefficient (Wildman–Crippen LogP) is 5.09. The first-order valence-corrected chi connectivity index (χ1v) is 12.0. The minimum Gasteiger partial charge on any atom is -0.491 e. The average molecular weight is 425 g/mol. The normalized spacial score (nSPS) is 28.4. The van der Waals surface area contributed by atoms with Crippen LogP contribution in [0.2, 0.25) is 0 Å². The van der Waals surface area contributed by atoms with Crippen LogP contribution in [0.1, 0.15) is 24.0 Å². The summed E-state index contributed by atoms with van der Waals surface area (Å²) < 4.78 is 6.28. The van der Waals surface area contributed by atoms with Gasteiger partial charge in [0.2, 0.25) is 0 Å². The smallest absolute Gasteiger partial charge is 0.142 e. The van der Waals surface area contributed by atoms with Gasteiger partial charge < -0.3 is 15.4 Å². The van der Waals surface area contributed by atoms with Crippen molar-refractivity contribution >= 4 is 5.69 Å². The summed E-state index contributed by atoms with van der Waals surface area (Å²) in [6.45, 7) is 2.81. The molecule has 3 aromatic rings. The number of fused-ring (bicyclic) bond motifs is 1. The first-order chi connectivity index (χ1) is 15.7. The lowest BCUT2D eigenvalue weighted by atomic mass is 9.85. The van der Waals surface area contributed by atoms with Crippen molar-refractivity contribution in [2.75, 3.05) is 24.6 Å². The second-order valence-electron chi connectivity index (χ2n) is 10.2. The van der Waals surface area contributed by atoms with E-state index >= 15 is 0 Å².